The van der Waals surface area contributed by atoms with Gasteiger partial charge in [-0.15, -0.1) is 12.4 Å². The van der Waals surface area contributed by atoms with Gasteiger partial charge in [-0.1, -0.05) is 18.2 Å². The molecule has 1 aromatic carbocycles. The Morgan fingerprint density at radius 3 is 2.52 bits per heavy atom. The molecule has 4 nitrogen and oxygen atoms in total. The Morgan fingerprint density at radius 1 is 1.14 bits per heavy atom. The predicted octanol–water partition coefficient (Wildman–Crippen LogP) is 3.07. The quantitative estimate of drug-likeness (QED) is 0.853. The van der Waals surface area contributed by atoms with E-state index in [4.69, 9.17) is 9.47 Å². The highest BCUT2D eigenvalue weighted by Gasteiger charge is 2.04. The Kier molecular flexibility index (Phi) is 7.58. The zero-order valence-electron chi connectivity index (χ0n) is 12.3. The second-order valence-corrected chi connectivity index (χ2v) is 4.58. The molecule has 1 aromatic heterocycles. The molecule has 0 aliphatic rings. The summed E-state index contributed by atoms with van der Waals surface area (Å²) >= 11 is 0. The first-order chi connectivity index (χ1) is 9.78. The number of hydrogen-bond acceptors (Lipinski definition) is 4. The zero-order chi connectivity index (χ0) is 14.2. The number of aromatic nitrogens is 1. The third kappa shape index (κ3) is 6.02. The molecule has 0 spiro atoms. The molecule has 114 valence electrons. The van der Waals surface area contributed by atoms with Crippen LogP contribution in [0.4, 0.5) is 0 Å². The summed E-state index contributed by atoms with van der Waals surface area (Å²) in [5, 5.41) is 3.37. The summed E-state index contributed by atoms with van der Waals surface area (Å²) in [6.07, 6.45) is 1.80. The molecular weight excluding hydrogens is 288 g/mol. The molecule has 21 heavy (non-hydrogen) atoms. The minimum absolute atomic E-state index is 0. The number of halogens is 1. The lowest BCUT2D eigenvalue weighted by molar-refractivity contribution is 0.208. The number of methoxy groups -OCH3 is 1. The van der Waals surface area contributed by atoms with Crippen LogP contribution in [0.1, 0.15) is 12.5 Å². The van der Waals surface area contributed by atoms with E-state index < -0.39 is 0 Å². The van der Waals surface area contributed by atoms with Gasteiger partial charge in [0, 0.05) is 25.4 Å². The van der Waals surface area contributed by atoms with Gasteiger partial charge in [0.15, 0.2) is 0 Å². The third-order valence-electron chi connectivity index (χ3n) is 2.88. The molecule has 0 saturated heterocycles. The van der Waals surface area contributed by atoms with E-state index in [0.717, 1.165) is 18.8 Å². The molecule has 0 radical (unpaired) electrons. The van der Waals surface area contributed by atoms with Crippen molar-refractivity contribution in [3.63, 3.8) is 0 Å². The highest BCUT2D eigenvalue weighted by molar-refractivity contribution is 5.85. The van der Waals surface area contributed by atoms with Gasteiger partial charge in [-0.2, -0.15) is 0 Å². The van der Waals surface area contributed by atoms with Crippen LogP contribution in [0, 0.1) is 0 Å². The van der Waals surface area contributed by atoms with Crippen molar-refractivity contribution >= 4 is 12.4 Å². The topological polar surface area (TPSA) is 43.4 Å². The van der Waals surface area contributed by atoms with Crippen molar-refractivity contribution in [1.82, 2.24) is 10.3 Å². The smallest absolute Gasteiger partial charge is 0.213 e. The van der Waals surface area contributed by atoms with Crippen LogP contribution in [-0.4, -0.2) is 24.7 Å². The van der Waals surface area contributed by atoms with Gasteiger partial charge in [0.25, 0.3) is 0 Å². The monoisotopic (exact) mass is 308 g/mol. The molecule has 0 bridgehead atoms. The van der Waals surface area contributed by atoms with E-state index in [-0.39, 0.29) is 18.5 Å². The van der Waals surface area contributed by atoms with Gasteiger partial charge >= 0.3 is 0 Å². The van der Waals surface area contributed by atoms with Gasteiger partial charge in [-0.3, -0.25) is 0 Å². The summed E-state index contributed by atoms with van der Waals surface area (Å²) in [5.74, 6) is 1.53. The van der Waals surface area contributed by atoms with Crippen molar-refractivity contribution in [2.24, 2.45) is 0 Å². The van der Waals surface area contributed by atoms with Crippen molar-refractivity contribution < 1.29 is 9.47 Å². The number of nitrogens with zero attached hydrogens (tertiary/aromatic N) is 1. The maximum atomic E-state index is 5.70. The number of nitrogens with one attached hydrogen (secondary N) is 1. The largest absolute Gasteiger partial charge is 0.497 e. The third-order valence-corrected chi connectivity index (χ3v) is 2.88. The van der Waals surface area contributed by atoms with Crippen molar-refractivity contribution in [2.45, 2.75) is 19.6 Å². The number of ether oxygens (including phenoxy) is 2. The van der Waals surface area contributed by atoms with Crippen LogP contribution in [-0.2, 0) is 6.54 Å². The highest BCUT2D eigenvalue weighted by atomic mass is 35.5. The lowest BCUT2D eigenvalue weighted by Crippen LogP contribution is -2.28. The summed E-state index contributed by atoms with van der Waals surface area (Å²) in [6.45, 7) is 3.60. The Hall–Kier alpha value is -1.78. The fraction of sp³-hybridized carbons (Fsp3) is 0.312. The van der Waals surface area contributed by atoms with Gasteiger partial charge in [0.05, 0.1) is 7.11 Å². The molecule has 0 amide bonds. The van der Waals surface area contributed by atoms with Crippen molar-refractivity contribution in [3.8, 4) is 11.6 Å². The van der Waals surface area contributed by atoms with Crippen LogP contribution < -0.4 is 14.8 Å². The van der Waals surface area contributed by atoms with Crippen molar-refractivity contribution in [2.75, 3.05) is 13.7 Å². The molecule has 1 unspecified atom stereocenters. The molecule has 0 fully saturated rings. The van der Waals surface area contributed by atoms with Gasteiger partial charge < -0.3 is 14.8 Å². The number of benzene rings is 1. The fourth-order valence-corrected chi connectivity index (χ4v) is 1.83. The molecule has 1 atom stereocenters. The number of pyridine rings is 1. The molecule has 2 aromatic rings. The molecular formula is C16H21ClN2O2. The van der Waals surface area contributed by atoms with Crippen LogP contribution in [0.3, 0.4) is 0 Å². The average molecular weight is 309 g/mol. The van der Waals surface area contributed by atoms with Crippen LogP contribution in [0.2, 0.25) is 0 Å². The van der Waals surface area contributed by atoms with E-state index in [1.165, 1.54) is 5.56 Å². The van der Waals surface area contributed by atoms with Crippen LogP contribution >= 0.6 is 12.4 Å². The van der Waals surface area contributed by atoms with Crippen molar-refractivity contribution in [1.29, 1.82) is 0 Å². The summed E-state index contributed by atoms with van der Waals surface area (Å²) < 4.78 is 10.8. The second-order valence-electron chi connectivity index (χ2n) is 4.58. The Balaban J connectivity index is 0.00000220. The van der Waals surface area contributed by atoms with Crippen LogP contribution in [0.15, 0.2) is 48.7 Å². The minimum Gasteiger partial charge on any atom is -0.497 e. The Bertz CT molecular complexity index is 505. The van der Waals surface area contributed by atoms with Gasteiger partial charge in [-0.05, 0) is 30.7 Å². The van der Waals surface area contributed by atoms with E-state index in [1.807, 2.05) is 37.3 Å². The first kappa shape index (κ1) is 17.3. The van der Waals surface area contributed by atoms with Gasteiger partial charge in [0.1, 0.15) is 11.9 Å². The van der Waals surface area contributed by atoms with E-state index in [1.54, 1.807) is 13.3 Å². The molecule has 5 heteroatoms. The van der Waals surface area contributed by atoms with Crippen LogP contribution in [0.25, 0.3) is 0 Å². The Labute approximate surface area is 131 Å². The zero-order valence-corrected chi connectivity index (χ0v) is 13.1. The summed E-state index contributed by atoms with van der Waals surface area (Å²) in [6, 6.07) is 13.7. The lowest BCUT2D eigenvalue weighted by Gasteiger charge is -2.14. The molecule has 1 N–H and O–H groups in total. The SMILES string of the molecule is COc1ccc(CNCC(C)Oc2ccccn2)cc1.Cl. The van der Waals surface area contributed by atoms with E-state index in [2.05, 4.69) is 22.4 Å². The highest BCUT2D eigenvalue weighted by Crippen LogP contribution is 2.11. The summed E-state index contributed by atoms with van der Waals surface area (Å²) in [7, 11) is 1.67. The van der Waals surface area contributed by atoms with E-state index in [0.29, 0.717) is 5.88 Å². The lowest BCUT2D eigenvalue weighted by atomic mass is 10.2. The van der Waals surface area contributed by atoms with E-state index >= 15 is 0 Å². The predicted molar refractivity (Wildman–Crippen MR) is 86.3 cm³/mol. The molecule has 2 rings (SSSR count). The fourth-order valence-electron chi connectivity index (χ4n) is 1.83. The summed E-state index contributed by atoms with van der Waals surface area (Å²) in [5.41, 5.74) is 1.22. The number of hydrogen-bond donors (Lipinski definition) is 1. The molecule has 0 aliphatic carbocycles. The molecule has 0 aliphatic heterocycles. The summed E-state index contributed by atoms with van der Waals surface area (Å²) in [4.78, 5) is 4.14. The maximum absolute atomic E-state index is 5.70. The van der Waals surface area contributed by atoms with E-state index in [9.17, 15) is 0 Å². The first-order valence-corrected chi connectivity index (χ1v) is 6.69. The first-order valence-electron chi connectivity index (χ1n) is 6.69. The number of rotatable bonds is 7. The molecule has 1 heterocycles. The maximum Gasteiger partial charge on any atom is 0.213 e. The van der Waals surface area contributed by atoms with Crippen molar-refractivity contribution in [3.05, 3.63) is 54.2 Å². The average Bonchev–Trinajstić information content (AvgIpc) is 2.49. The Morgan fingerprint density at radius 2 is 1.90 bits per heavy atom. The molecule has 0 saturated carbocycles. The normalized spacial score (nSPS) is 11.3. The van der Waals surface area contributed by atoms with Gasteiger partial charge in [0.2, 0.25) is 5.88 Å². The van der Waals surface area contributed by atoms with Gasteiger partial charge in [-0.25, -0.2) is 4.98 Å². The standard InChI is InChI=1S/C16H20N2O2.ClH/c1-13(20-16-5-3-4-10-18-16)11-17-12-14-6-8-15(19-2)9-7-14;/h3-10,13,17H,11-12H2,1-2H3;1H. The second kappa shape index (κ2) is 9.21. The van der Waals surface area contributed by atoms with Crippen LogP contribution in [0.5, 0.6) is 11.6 Å². The minimum atomic E-state index is 0.